The lowest BCUT2D eigenvalue weighted by Gasteiger charge is -2.23. The summed E-state index contributed by atoms with van der Waals surface area (Å²) in [6, 6.07) is 70.6. The molecular weight excluding hydrogens is 745 g/mol. The van der Waals surface area contributed by atoms with Crippen LogP contribution in [0.25, 0.3) is 109 Å². The quantitative estimate of drug-likeness (QED) is 0.174. The second-order valence-corrected chi connectivity index (χ2v) is 17.6. The van der Waals surface area contributed by atoms with Gasteiger partial charge in [0.2, 0.25) is 0 Å². The number of hydrogen-bond acceptors (Lipinski definition) is 3. The van der Waals surface area contributed by atoms with Gasteiger partial charge in [-0.25, -0.2) is 9.97 Å². The topological polar surface area (TPSA) is 25.8 Å². The number of aromatic nitrogens is 2. The van der Waals surface area contributed by atoms with E-state index in [-0.39, 0.29) is 5.41 Å². The predicted molar refractivity (Wildman–Crippen MR) is 255 cm³/mol. The molecule has 0 N–H and O–H groups in total. The molecule has 0 spiro atoms. The average molecular weight is 783 g/mol. The minimum atomic E-state index is -0.0972. The zero-order valence-electron chi connectivity index (χ0n) is 33.3. The number of nitrogens with zero attached hydrogens (tertiary/aromatic N) is 2. The molecule has 0 amide bonds. The Morgan fingerprint density at radius 1 is 0.383 bits per heavy atom. The molecule has 1 aliphatic carbocycles. The van der Waals surface area contributed by atoms with E-state index in [1.807, 2.05) is 17.4 Å². The van der Waals surface area contributed by atoms with Gasteiger partial charge in [-0.1, -0.05) is 184 Å². The van der Waals surface area contributed by atoms with Gasteiger partial charge in [0.05, 0.1) is 11.4 Å². The van der Waals surface area contributed by atoms with Crippen molar-refractivity contribution in [2.75, 3.05) is 0 Å². The summed E-state index contributed by atoms with van der Waals surface area (Å²) < 4.78 is 2.54. The fourth-order valence-corrected chi connectivity index (χ4v) is 11.0. The van der Waals surface area contributed by atoms with Crippen LogP contribution in [0.15, 0.2) is 194 Å². The third-order valence-electron chi connectivity index (χ3n) is 12.7. The molecule has 1 aliphatic rings. The summed E-state index contributed by atoms with van der Waals surface area (Å²) >= 11 is 1.83. The molecule has 9 aromatic carbocycles. The molecule has 0 bridgehead atoms. The summed E-state index contributed by atoms with van der Waals surface area (Å²) in [6.45, 7) is 4.75. The molecule has 2 nitrogen and oxygen atoms in total. The highest BCUT2D eigenvalue weighted by Crippen LogP contribution is 2.52. The van der Waals surface area contributed by atoms with E-state index in [0.717, 1.165) is 39.3 Å². The van der Waals surface area contributed by atoms with Crippen molar-refractivity contribution < 1.29 is 0 Å². The lowest BCUT2D eigenvalue weighted by molar-refractivity contribution is 0.666. The van der Waals surface area contributed by atoms with Crippen LogP contribution >= 0.6 is 11.3 Å². The summed E-state index contributed by atoms with van der Waals surface area (Å²) in [5, 5.41) is 7.51. The molecule has 282 valence electrons. The van der Waals surface area contributed by atoms with E-state index in [0.29, 0.717) is 0 Å². The van der Waals surface area contributed by atoms with Crippen molar-refractivity contribution in [1.29, 1.82) is 0 Å². The van der Waals surface area contributed by atoms with Crippen LogP contribution in [-0.4, -0.2) is 9.97 Å². The normalized spacial score (nSPS) is 13.0. The van der Waals surface area contributed by atoms with Gasteiger partial charge in [-0.15, -0.1) is 11.3 Å². The zero-order valence-corrected chi connectivity index (χ0v) is 34.1. The van der Waals surface area contributed by atoms with Crippen LogP contribution in [0.2, 0.25) is 0 Å². The Morgan fingerprint density at radius 3 is 1.80 bits per heavy atom. The fourth-order valence-electron chi connectivity index (χ4n) is 9.82. The van der Waals surface area contributed by atoms with Gasteiger partial charge in [-0.3, -0.25) is 0 Å². The van der Waals surface area contributed by atoms with Crippen LogP contribution < -0.4 is 0 Å². The number of hydrogen-bond donors (Lipinski definition) is 0. The Kier molecular flexibility index (Phi) is 7.79. The maximum absolute atomic E-state index is 5.28. The molecule has 2 aromatic heterocycles. The molecule has 11 aromatic rings. The van der Waals surface area contributed by atoms with Crippen molar-refractivity contribution in [2.24, 2.45) is 0 Å². The molecule has 60 heavy (non-hydrogen) atoms. The standard InChI is InChI=1S/C57H38N2S/c1-57(2)49-33-39(28-29-44(49)46-30-27-36-13-6-7-16-41(36)55(46)57)35-23-25-37(26-24-35)40-31-32-45(43-18-9-8-17-42(40)43)50-34-51(59-56(58-50)38-14-4-3-5-15-38)47-20-12-22-53-54(47)48-19-10-11-21-52(48)60-53/h3-34H,1-2H3. The van der Waals surface area contributed by atoms with Gasteiger partial charge in [0.25, 0.3) is 0 Å². The lowest BCUT2D eigenvalue weighted by Crippen LogP contribution is -2.15. The van der Waals surface area contributed by atoms with E-state index in [1.165, 1.54) is 80.8 Å². The molecule has 0 fully saturated rings. The van der Waals surface area contributed by atoms with Gasteiger partial charge in [0.1, 0.15) is 0 Å². The number of thiophene rings is 1. The maximum atomic E-state index is 5.28. The first-order valence-corrected chi connectivity index (χ1v) is 21.5. The maximum Gasteiger partial charge on any atom is 0.160 e. The molecule has 2 heterocycles. The van der Waals surface area contributed by atoms with Crippen molar-refractivity contribution >= 4 is 53.1 Å². The van der Waals surface area contributed by atoms with E-state index >= 15 is 0 Å². The Bertz CT molecular complexity index is 3500. The smallest absolute Gasteiger partial charge is 0.160 e. The third kappa shape index (κ3) is 5.40. The lowest BCUT2D eigenvalue weighted by atomic mass is 9.79. The highest BCUT2D eigenvalue weighted by molar-refractivity contribution is 7.25. The van der Waals surface area contributed by atoms with Gasteiger partial charge in [0, 0.05) is 42.3 Å². The third-order valence-corrected chi connectivity index (χ3v) is 13.8. The Hall–Kier alpha value is -7.20. The van der Waals surface area contributed by atoms with Crippen molar-refractivity contribution in [2.45, 2.75) is 19.3 Å². The van der Waals surface area contributed by atoms with E-state index < -0.39 is 0 Å². The molecule has 0 radical (unpaired) electrons. The van der Waals surface area contributed by atoms with Gasteiger partial charge in [0.15, 0.2) is 5.82 Å². The Morgan fingerprint density at radius 2 is 0.983 bits per heavy atom. The van der Waals surface area contributed by atoms with E-state index in [9.17, 15) is 0 Å². The van der Waals surface area contributed by atoms with Gasteiger partial charge >= 0.3 is 0 Å². The SMILES string of the molecule is CC1(C)c2cc(-c3ccc(-c4ccc(-c5cc(-c6cccc7sc8ccccc8c67)nc(-c6ccccc6)n5)c5ccccc45)cc3)ccc2-c2ccc3ccccc3c21. The van der Waals surface area contributed by atoms with Crippen molar-refractivity contribution in [1.82, 2.24) is 9.97 Å². The van der Waals surface area contributed by atoms with Gasteiger partial charge in [-0.2, -0.15) is 0 Å². The van der Waals surface area contributed by atoms with E-state index in [1.54, 1.807) is 0 Å². The largest absolute Gasteiger partial charge is 0.228 e. The van der Waals surface area contributed by atoms with Crippen molar-refractivity contribution in [3.8, 4) is 67.3 Å². The summed E-state index contributed by atoms with van der Waals surface area (Å²) in [4.78, 5) is 10.5. The molecular formula is C57H38N2S. The van der Waals surface area contributed by atoms with Crippen molar-refractivity contribution in [3.63, 3.8) is 0 Å². The van der Waals surface area contributed by atoms with Crippen LogP contribution in [0.1, 0.15) is 25.0 Å². The Labute approximate surface area is 353 Å². The first kappa shape index (κ1) is 34.8. The van der Waals surface area contributed by atoms with Crippen molar-refractivity contribution in [3.05, 3.63) is 205 Å². The first-order chi connectivity index (χ1) is 29.5. The second-order valence-electron chi connectivity index (χ2n) is 16.5. The summed E-state index contributed by atoms with van der Waals surface area (Å²) in [5.41, 5.74) is 15.3. The molecule has 0 saturated heterocycles. The van der Waals surface area contributed by atoms with Crippen LogP contribution in [0.5, 0.6) is 0 Å². The van der Waals surface area contributed by atoms with Crippen LogP contribution in [-0.2, 0) is 5.41 Å². The number of benzene rings is 9. The molecule has 0 atom stereocenters. The zero-order chi connectivity index (χ0) is 40.0. The second kappa shape index (κ2) is 13.4. The molecule has 0 aliphatic heterocycles. The molecule has 12 rings (SSSR count). The highest BCUT2D eigenvalue weighted by Gasteiger charge is 2.37. The number of fused-ring (bicyclic) bond motifs is 9. The fraction of sp³-hybridized carbons (Fsp3) is 0.0526. The predicted octanol–water partition coefficient (Wildman–Crippen LogP) is 15.8. The summed E-state index contributed by atoms with van der Waals surface area (Å²) in [6.07, 6.45) is 0. The minimum absolute atomic E-state index is 0.0972. The van der Waals surface area contributed by atoms with Gasteiger partial charge in [-0.05, 0) is 90.3 Å². The summed E-state index contributed by atoms with van der Waals surface area (Å²) in [5.74, 6) is 0.718. The monoisotopic (exact) mass is 782 g/mol. The highest BCUT2D eigenvalue weighted by atomic mass is 32.1. The molecule has 0 unspecified atom stereocenters. The molecule has 3 heteroatoms. The van der Waals surface area contributed by atoms with E-state index in [4.69, 9.17) is 9.97 Å². The van der Waals surface area contributed by atoms with Crippen LogP contribution in [0.3, 0.4) is 0 Å². The molecule has 0 saturated carbocycles. The average Bonchev–Trinajstić information content (AvgIpc) is 3.80. The van der Waals surface area contributed by atoms with Crippen LogP contribution in [0.4, 0.5) is 0 Å². The number of rotatable bonds is 5. The summed E-state index contributed by atoms with van der Waals surface area (Å²) in [7, 11) is 0. The first-order valence-electron chi connectivity index (χ1n) is 20.6. The van der Waals surface area contributed by atoms with Gasteiger partial charge < -0.3 is 0 Å². The van der Waals surface area contributed by atoms with E-state index in [2.05, 4.69) is 202 Å². The van der Waals surface area contributed by atoms with Crippen LogP contribution in [0, 0.1) is 0 Å². The Balaban J connectivity index is 0.946. The minimum Gasteiger partial charge on any atom is -0.228 e.